The summed E-state index contributed by atoms with van der Waals surface area (Å²) in [5.74, 6) is 2.91. The number of halogens is 1. The Kier molecular flexibility index (Phi) is 4.03. The molecule has 19 heavy (non-hydrogen) atoms. The average Bonchev–Trinajstić information content (AvgIpc) is 3.11. The number of nitrogens with one attached hydrogen (secondary N) is 1. The fraction of sp³-hybridized carbons (Fsp3) is 0.714. The molecular weight excluding hydrogens is 306 g/mol. The van der Waals surface area contributed by atoms with Crippen LogP contribution in [0.4, 0.5) is 5.82 Å². The predicted molar refractivity (Wildman–Crippen MR) is 78.7 cm³/mol. The predicted octanol–water partition coefficient (Wildman–Crippen LogP) is 3.44. The Hall–Kier alpha value is -0.680. The first-order chi connectivity index (χ1) is 9.29. The number of anilines is 1. The molecule has 0 amide bonds. The van der Waals surface area contributed by atoms with E-state index in [9.17, 15) is 0 Å². The summed E-state index contributed by atoms with van der Waals surface area (Å²) in [6.45, 7) is 4.70. The molecule has 1 aromatic heterocycles. The summed E-state index contributed by atoms with van der Waals surface area (Å²) in [6.07, 6.45) is 4.64. The number of rotatable bonds is 5. The van der Waals surface area contributed by atoms with Gasteiger partial charge < -0.3 is 10.1 Å². The second-order valence-corrected chi connectivity index (χ2v) is 6.18. The van der Waals surface area contributed by atoms with Crippen LogP contribution in [0.1, 0.15) is 56.0 Å². The summed E-state index contributed by atoms with van der Waals surface area (Å²) in [5, 5.41) is 3.41. The minimum atomic E-state index is 0.368. The molecule has 1 atom stereocenters. The summed E-state index contributed by atoms with van der Waals surface area (Å²) in [7, 11) is 0. The second kappa shape index (κ2) is 5.75. The Morgan fingerprint density at radius 1 is 1.26 bits per heavy atom. The molecule has 1 aromatic rings. The molecule has 104 valence electrons. The van der Waals surface area contributed by atoms with Gasteiger partial charge in [-0.2, -0.15) is 0 Å². The van der Waals surface area contributed by atoms with Gasteiger partial charge in [-0.15, -0.1) is 0 Å². The van der Waals surface area contributed by atoms with Crippen molar-refractivity contribution in [2.45, 2.75) is 44.4 Å². The van der Waals surface area contributed by atoms with Crippen LogP contribution < -0.4 is 5.32 Å². The zero-order valence-electron chi connectivity index (χ0n) is 11.3. The highest BCUT2D eigenvalue weighted by Gasteiger charge is 2.31. The van der Waals surface area contributed by atoms with Gasteiger partial charge in [-0.25, -0.2) is 9.97 Å². The zero-order chi connectivity index (χ0) is 13.2. The maximum Gasteiger partial charge on any atom is 0.144 e. The highest BCUT2D eigenvalue weighted by molar-refractivity contribution is 9.10. The standard InChI is InChI=1S/C14H20BrN3O/c1-2-6-16-14-11(15)12(9-3-4-9)17-13(18-14)10-5-7-19-8-10/h9-10H,2-8H2,1H3,(H,16,17,18). The first kappa shape index (κ1) is 13.3. The van der Waals surface area contributed by atoms with Gasteiger partial charge in [-0.3, -0.25) is 0 Å². The fourth-order valence-electron chi connectivity index (χ4n) is 2.39. The third-order valence-corrected chi connectivity index (χ3v) is 4.48. The quantitative estimate of drug-likeness (QED) is 0.900. The first-order valence-electron chi connectivity index (χ1n) is 7.18. The summed E-state index contributed by atoms with van der Waals surface area (Å²) in [4.78, 5) is 9.52. The summed E-state index contributed by atoms with van der Waals surface area (Å²) in [5.41, 5.74) is 1.19. The van der Waals surface area contributed by atoms with E-state index in [1.54, 1.807) is 0 Å². The fourth-order valence-corrected chi connectivity index (χ4v) is 3.03. The van der Waals surface area contributed by atoms with E-state index in [2.05, 4.69) is 28.2 Å². The van der Waals surface area contributed by atoms with E-state index in [-0.39, 0.29) is 0 Å². The molecule has 5 heteroatoms. The van der Waals surface area contributed by atoms with E-state index in [1.807, 2.05) is 0 Å². The maximum atomic E-state index is 5.47. The number of hydrogen-bond donors (Lipinski definition) is 1. The van der Waals surface area contributed by atoms with Crippen molar-refractivity contribution in [1.29, 1.82) is 0 Å². The largest absolute Gasteiger partial charge is 0.381 e. The molecule has 2 aliphatic rings. The van der Waals surface area contributed by atoms with Gasteiger partial charge in [0.05, 0.1) is 16.8 Å². The molecule has 1 N–H and O–H groups in total. The third-order valence-electron chi connectivity index (χ3n) is 3.70. The van der Waals surface area contributed by atoms with Crippen LogP contribution in [0, 0.1) is 0 Å². The lowest BCUT2D eigenvalue weighted by molar-refractivity contribution is 0.193. The lowest BCUT2D eigenvalue weighted by atomic mass is 10.1. The minimum Gasteiger partial charge on any atom is -0.381 e. The first-order valence-corrected chi connectivity index (χ1v) is 7.97. The van der Waals surface area contributed by atoms with Gasteiger partial charge in [0.1, 0.15) is 11.6 Å². The van der Waals surface area contributed by atoms with Crippen molar-refractivity contribution in [3.05, 3.63) is 16.0 Å². The Balaban J connectivity index is 1.92. The van der Waals surface area contributed by atoms with Gasteiger partial charge in [0.2, 0.25) is 0 Å². The summed E-state index contributed by atoms with van der Waals surface area (Å²) >= 11 is 3.68. The van der Waals surface area contributed by atoms with Crippen molar-refractivity contribution in [3.63, 3.8) is 0 Å². The van der Waals surface area contributed by atoms with Crippen molar-refractivity contribution in [1.82, 2.24) is 9.97 Å². The Morgan fingerprint density at radius 3 is 2.74 bits per heavy atom. The summed E-state index contributed by atoms with van der Waals surface area (Å²) in [6, 6.07) is 0. The van der Waals surface area contributed by atoms with Crippen LogP contribution in [0.3, 0.4) is 0 Å². The second-order valence-electron chi connectivity index (χ2n) is 5.39. The van der Waals surface area contributed by atoms with Crippen LogP contribution in [-0.4, -0.2) is 29.7 Å². The Bertz CT molecular complexity index is 456. The number of hydrogen-bond acceptors (Lipinski definition) is 4. The van der Waals surface area contributed by atoms with Crippen LogP contribution in [0.5, 0.6) is 0 Å². The molecule has 0 spiro atoms. The number of ether oxygens (including phenoxy) is 1. The highest BCUT2D eigenvalue weighted by atomic mass is 79.9. The number of aromatic nitrogens is 2. The van der Waals surface area contributed by atoms with Crippen LogP contribution in [0.2, 0.25) is 0 Å². The molecule has 1 aliphatic carbocycles. The molecule has 1 aliphatic heterocycles. The number of nitrogens with zero attached hydrogens (tertiary/aromatic N) is 2. The van der Waals surface area contributed by atoms with E-state index in [0.29, 0.717) is 11.8 Å². The van der Waals surface area contributed by atoms with Gasteiger partial charge in [-0.05, 0) is 41.6 Å². The lowest BCUT2D eigenvalue weighted by Crippen LogP contribution is -2.12. The normalized spacial score (nSPS) is 22.7. The molecule has 4 nitrogen and oxygen atoms in total. The maximum absolute atomic E-state index is 5.47. The molecule has 0 aromatic carbocycles. The van der Waals surface area contributed by atoms with Crippen molar-refractivity contribution < 1.29 is 4.74 Å². The van der Waals surface area contributed by atoms with E-state index < -0.39 is 0 Å². The minimum absolute atomic E-state index is 0.368. The van der Waals surface area contributed by atoms with Gasteiger partial charge in [0.25, 0.3) is 0 Å². The van der Waals surface area contributed by atoms with Crippen LogP contribution in [0.15, 0.2) is 4.47 Å². The van der Waals surface area contributed by atoms with Crippen LogP contribution >= 0.6 is 15.9 Å². The molecular formula is C14H20BrN3O. The molecule has 2 fully saturated rings. The van der Waals surface area contributed by atoms with Gasteiger partial charge >= 0.3 is 0 Å². The third kappa shape index (κ3) is 2.92. The SMILES string of the molecule is CCCNc1nc(C2CCOC2)nc(C2CC2)c1Br. The molecule has 1 saturated carbocycles. The highest BCUT2D eigenvalue weighted by Crippen LogP contribution is 2.44. The van der Waals surface area contributed by atoms with Crippen LogP contribution in [-0.2, 0) is 4.74 Å². The summed E-state index contributed by atoms with van der Waals surface area (Å²) < 4.78 is 6.53. The van der Waals surface area contributed by atoms with Crippen molar-refractivity contribution >= 4 is 21.7 Å². The molecule has 0 bridgehead atoms. The van der Waals surface area contributed by atoms with E-state index >= 15 is 0 Å². The topological polar surface area (TPSA) is 47.0 Å². The Labute approximate surface area is 122 Å². The smallest absolute Gasteiger partial charge is 0.144 e. The van der Waals surface area contributed by atoms with E-state index in [4.69, 9.17) is 14.7 Å². The monoisotopic (exact) mass is 325 g/mol. The zero-order valence-corrected chi connectivity index (χ0v) is 12.9. The molecule has 2 heterocycles. The van der Waals surface area contributed by atoms with Crippen LogP contribution in [0.25, 0.3) is 0 Å². The van der Waals surface area contributed by atoms with Crippen molar-refractivity contribution in [2.24, 2.45) is 0 Å². The molecule has 0 radical (unpaired) electrons. The lowest BCUT2D eigenvalue weighted by Gasteiger charge is -2.14. The van der Waals surface area contributed by atoms with Gasteiger partial charge in [0.15, 0.2) is 0 Å². The van der Waals surface area contributed by atoms with Gasteiger partial charge in [0, 0.05) is 25.0 Å². The Morgan fingerprint density at radius 2 is 2.11 bits per heavy atom. The van der Waals surface area contributed by atoms with E-state index in [1.165, 1.54) is 18.5 Å². The van der Waals surface area contributed by atoms with Crippen molar-refractivity contribution in [2.75, 3.05) is 25.1 Å². The average molecular weight is 326 g/mol. The van der Waals surface area contributed by atoms with E-state index in [0.717, 1.165) is 48.7 Å². The molecule has 3 rings (SSSR count). The van der Waals surface area contributed by atoms with Crippen molar-refractivity contribution in [3.8, 4) is 0 Å². The van der Waals surface area contributed by atoms with Gasteiger partial charge in [-0.1, -0.05) is 6.92 Å². The molecule has 1 unspecified atom stereocenters. The molecule has 1 saturated heterocycles.